The highest BCUT2D eigenvalue weighted by atomic mass is 16.2. The van der Waals surface area contributed by atoms with Gasteiger partial charge in [0.05, 0.1) is 0 Å². The molecule has 1 aliphatic heterocycles. The number of rotatable bonds is 1. The number of anilines is 1. The summed E-state index contributed by atoms with van der Waals surface area (Å²) in [7, 11) is 0. The molecule has 0 amide bonds. The van der Waals surface area contributed by atoms with Gasteiger partial charge in [-0.1, -0.05) is 6.92 Å². The molecule has 1 fully saturated rings. The largest absolute Gasteiger partial charge is 0.350 e. The first-order valence-electron chi connectivity index (χ1n) is 5.27. The van der Waals surface area contributed by atoms with Crippen LogP contribution in [-0.4, -0.2) is 34.3 Å². The van der Waals surface area contributed by atoms with Crippen molar-refractivity contribution in [3.8, 4) is 0 Å². The Morgan fingerprint density at radius 2 is 2.25 bits per heavy atom. The fraction of sp³-hybridized carbons (Fsp3) is 0.667. The van der Waals surface area contributed by atoms with Gasteiger partial charge in [-0.05, 0) is 12.3 Å². The van der Waals surface area contributed by atoms with Crippen LogP contribution in [0, 0.1) is 5.92 Å². The van der Waals surface area contributed by atoms with E-state index in [1.165, 1.54) is 0 Å². The molecule has 1 aliphatic rings. The molecule has 2 unspecified atom stereocenters. The fourth-order valence-corrected chi connectivity index (χ4v) is 1.91. The zero-order chi connectivity index (χ0) is 11.7. The van der Waals surface area contributed by atoms with Crippen LogP contribution in [0.25, 0.3) is 0 Å². The van der Waals surface area contributed by atoms with Gasteiger partial charge in [-0.2, -0.15) is 0 Å². The van der Waals surface area contributed by atoms with Crippen molar-refractivity contribution >= 4 is 5.82 Å². The zero-order valence-corrected chi connectivity index (χ0v) is 9.06. The first kappa shape index (κ1) is 10.9. The molecule has 0 aromatic carbocycles. The molecule has 1 aromatic heterocycles. The lowest BCUT2D eigenvalue weighted by atomic mass is 9.95. The second-order valence-corrected chi connectivity index (χ2v) is 4.21. The molecule has 1 aromatic rings. The van der Waals surface area contributed by atoms with Crippen molar-refractivity contribution in [3.05, 3.63) is 20.8 Å². The lowest BCUT2D eigenvalue weighted by Crippen LogP contribution is -2.48. The van der Waals surface area contributed by atoms with Crippen LogP contribution in [-0.2, 0) is 0 Å². The Hall–Kier alpha value is -1.63. The third-order valence-electron chi connectivity index (χ3n) is 2.96. The summed E-state index contributed by atoms with van der Waals surface area (Å²) in [4.78, 5) is 26.4. The van der Waals surface area contributed by atoms with Crippen LogP contribution in [0.2, 0.25) is 0 Å². The second kappa shape index (κ2) is 4.09. The van der Waals surface area contributed by atoms with Crippen LogP contribution in [0.3, 0.4) is 0 Å². The highest BCUT2D eigenvalue weighted by Gasteiger charge is 2.25. The Balaban J connectivity index is 2.25. The van der Waals surface area contributed by atoms with E-state index in [-0.39, 0.29) is 11.9 Å². The number of nitrogens with zero attached hydrogens (tertiary/aromatic N) is 2. The van der Waals surface area contributed by atoms with E-state index in [0.717, 1.165) is 6.42 Å². The summed E-state index contributed by atoms with van der Waals surface area (Å²) >= 11 is 0. The van der Waals surface area contributed by atoms with Crippen LogP contribution < -0.4 is 21.9 Å². The first-order chi connectivity index (χ1) is 7.58. The van der Waals surface area contributed by atoms with Crippen LogP contribution in [0.5, 0.6) is 0 Å². The number of piperidine rings is 1. The number of aromatic amines is 2. The van der Waals surface area contributed by atoms with E-state index in [4.69, 9.17) is 5.73 Å². The Labute approximate surface area is 91.7 Å². The fourth-order valence-electron chi connectivity index (χ4n) is 1.91. The third-order valence-corrected chi connectivity index (χ3v) is 2.96. The Morgan fingerprint density at radius 3 is 2.88 bits per heavy atom. The number of nitrogens with two attached hydrogens (primary N) is 1. The van der Waals surface area contributed by atoms with Gasteiger partial charge in [-0.3, -0.25) is 9.78 Å². The summed E-state index contributed by atoms with van der Waals surface area (Å²) in [5.41, 5.74) is 4.85. The van der Waals surface area contributed by atoms with Gasteiger partial charge < -0.3 is 10.6 Å². The average Bonchev–Trinajstić information content (AvgIpc) is 2.22. The molecule has 88 valence electrons. The van der Waals surface area contributed by atoms with Crippen LogP contribution in [0.1, 0.15) is 13.3 Å². The number of nitrogens with one attached hydrogen (secondary N) is 2. The monoisotopic (exact) mass is 225 g/mol. The van der Waals surface area contributed by atoms with E-state index in [9.17, 15) is 9.59 Å². The minimum atomic E-state index is -0.587. The highest BCUT2D eigenvalue weighted by Crippen LogP contribution is 2.17. The first-order valence-corrected chi connectivity index (χ1v) is 5.27. The van der Waals surface area contributed by atoms with Crippen molar-refractivity contribution in [2.24, 2.45) is 11.7 Å². The molecule has 1 saturated heterocycles. The molecule has 2 atom stereocenters. The second-order valence-electron chi connectivity index (χ2n) is 4.21. The highest BCUT2D eigenvalue weighted by molar-refractivity contribution is 5.34. The van der Waals surface area contributed by atoms with Gasteiger partial charge in [-0.15, -0.1) is 5.10 Å². The van der Waals surface area contributed by atoms with Gasteiger partial charge in [-0.25, -0.2) is 9.89 Å². The van der Waals surface area contributed by atoms with E-state index in [2.05, 4.69) is 15.2 Å². The molecule has 16 heavy (non-hydrogen) atoms. The van der Waals surface area contributed by atoms with Crippen LogP contribution >= 0.6 is 0 Å². The van der Waals surface area contributed by atoms with Crippen LogP contribution in [0.4, 0.5) is 5.82 Å². The number of hydrogen-bond acceptors (Lipinski definition) is 5. The molecule has 7 nitrogen and oxygen atoms in total. The topological polar surface area (TPSA) is 108 Å². The molecule has 4 N–H and O–H groups in total. The summed E-state index contributed by atoms with van der Waals surface area (Å²) in [6.45, 7) is 3.41. The Bertz CT molecular complexity index is 479. The third kappa shape index (κ3) is 1.99. The minimum absolute atomic E-state index is 0.165. The predicted molar refractivity (Wildman–Crippen MR) is 59.4 cm³/mol. The Kier molecular flexibility index (Phi) is 2.78. The van der Waals surface area contributed by atoms with Crippen molar-refractivity contribution in [1.82, 2.24) is 15.2 Å². The molecular weight excluding hydrogens is 210 g/mol. The minimum Gasteiger partial charge on any atom is -0.350 e. The maximum Gasteiger partial charge on any atom is 0.342 e. The maximum atomic E-state index is 11.5. The molecule has 2 heterocycles. The van der Waals surface area contributed by atoms with Gasteiger partial charge in [0, 0.05) is 19.1 Å². The normalized spacial score (nSPS) is 25.8. The smallest absolute Gasteiger partial charge is 0.342 e. The average molecular weight is 225 g/mol. The van der Waals surface area contributed by atoms with Crippen molar-refractivity contribution in [1.29, 1.82) is 0 Å². The molecule has 0 aliphatic carbocycles. The molecule has 2 rings (SSSR count). The van der Waals surface area contributed by atoms with Crippen molar-refractivity contribution in [2.75, 3.05) is 18.0 Å². The van der Waals surface area contributed by atoms with E-state index in [1.807, 2.05) is 11.8 Å². The molecular formula is C9H15N5O2. The van der Waals surface area contributed by atoms with Crippen LogP contribution in [0.15, 0.2) is 9.59 Å². The summed E-state index contributed by atoms with van der Waals surface area (Å²) in [5.74, 6) is 0.570. The van der Waals surface area contributed by atoms with Gasteiger partial charge in [0.1, 0.15) is 0 Å². The quantitative estimate of drug-likeness (QED) is 0.546. The van der Waals surface area contributed by atoms with E-state index < -0.39 is 11.2 Å². The van der Waals surface area contributed by atoms with Gasteiger partial charge in [0.2, 0.25) is 5.82 Å². The summed E-state index contributed by atoms with van der Waals surface area (Å²) < 4.78 is 0. The summed E-state index contributed by atoms with van der Waals surface area (Å²) in [5, 5.41) is 5.99. The van der Waals surface area contributed by atoms with E-state index >= 15 is 0 Å². The van der Waals surface area contributed by atoms with Gasteiger partial charge in [0.25, 0.3) is 5.56 Å². The number of aromatic nitrogens is 3. The zero-order valence-electron chi connectivity index (χ0n) is 9.06. The SMILES string of the molecule is CC1CN(c2n[nH]c(=O)[nH]c2=O)CCC1N. The molecule has 0 spiro atoms. The lowest BCUT2D eigenvalue weighted by molar-refractivity contribution is 0.380. The molecule has 0 radical (unpaired) electrons. The molecule has 0 bridgehead atoms. The van der Waals surface area contributed by atoms with Gasteiger partial charge >= 0.3 is 5.69 Å². The Morgan fingerprint density at radius 1 is 1.50 bits per heavy atom. The number of H-pyrrole nitrogens is 2. The molecule has 0 saturated carbocycles. The number of hydrogen-bond donors (Lipinski definition) is 3. The van der Waals surface area contributed by atoms with E-state index in [1.54, 1.807) is 0 Å². The van der Waals surface area contributed by atoms with Crippen molar-refractivity contribution in [2.45, 2.75) is 19.4 Å². The standard InChI is InChI=1S/C9H15N5O2/c1-5-4-14(3-2-6(5)10)7-8(15)11-9(16)13-12-7/h5-6H,2-4,10H2,1H3,(H2,11,13,15,16). The maximum absolute atomic E-state index is 11.5. The summed E-state index contributed by atoms with van der Waals surface area (Å²) in [6, 6.07) is 0.165. The van der Waals surface area contributed by atoms with E-state index in [0.29, 0.717) is 19.0 Å². The van der Waals surface area contributed by atoms with Gasteiger partial charge in [0.15, 0.2) is 0 Å². The summed E-state index contributed by atoms with van der Waals surface area (Å²) in [6.07, 6.45) is 0.821. The predicted octanol–water partition coefficient (Wildman–Crippen LogP) is -1.37. The van der Waals surface area contributed by atoms with Crippen molar-refractivity contribution < 1.29 is 0 Å². The van der Waals surface area contributed by atoms with Crippen molar-refractivity contribution in [3.63, 3.8) is 0 Å². The molecule has 7 heteroatoms. The lowest BCUT2D eigenvalue weighted by Gasteiger charge is -2.34.